The summed E-state index contributed by atoms with van der Waals surface area (Å²) in [6.45, 7) is 4.81. The predicted molar refractivity (Wildman–Crippen MR) is 223 cm³/mol. The van der Waals surface area contributed by atoms with Gasteiger partial charge >= 0.3 is 0 Å². The fraction of sp³-hybridized carbons (Fsp3) is 0.0612. The summed E-state index contributed by atoms with van der Waals surface area (Å²) in [6.07, 6.45) is 0. The predicted octanol–water partition coefficient (Wildman–Crippen LogP) is 13.2. The lowest BCUT2D eigenvalue weighted by Crippen LogP contribution is -2.16. The van der Waals surface area contributed by atoms with E-state index in [9.17, 15) is 0 Å². The third-order valence-corrected chi connectivity index (χ3v) is 12.4. The van der Waals surface area contributed by atoms with Gasteiger partial charge in [-0.05, 0) is 64.7 Å². The zero-order chi connectivity index (χ0) is 35.3. The molecule has 7 aromatic carbocycles. The van der Waals surface area contributed by atoms with Gasteiger partial charge in [-0.25, -0.2) is 9.97 Å². The molecule has 0 fully saturated rings. The summed E-state index contributed by atoms with van der Waals surface area (Å²) in [5, 5.41) is 5.34. The minimum atomic E-state index is -0.201. The topological polar surface area (TPSA) is 30.7 Å². The SMILES string of the molecule is CC1(C)c2ccccc2-c2c1c1c(c3ccccc3n1-c1ccc(-c3nc(-c4ccccc4)cc(-c4ccccc4)n3)cc1)c1sc3ccccc3c21. The number of hydrogen-bond acceptors (Lipinski definition) is 3. The highest BCUT2D eigenvalue weighted by Gasteiger charge is 2.41. The molecule has 0 spiro atoms. The Hall–Kier alpha value is -6.36. The fourth-order valence-corrected chi connectivity index (χ4v) is 10.1. The van der Waals surface area contributed by atoms with E-state index in [0.29, 0.717) is 5.82 Å². The molecule has 1 aliphatic rings. The Morgan fingerprint density at radius 3 is 1.87 bits per heavy atom. The van der Waals surface area contributed by atoms with Gasteiger partial charge in [0.1, 0.15) is 0 Å². The first-order chi connectivity index (χ1) is 26.1. The van der Waals surface area contributed by atoms with Crippen molar-refractivity contribution in [3.63, 3.8) is 0 Å². The molecule has 0 radical (unpaired) electrons. The Kier molecular flexibility index (Phi) is 6.47. The largest absolute Gasteiger partial charge is 0.309 e. The Bertz CT molecular complexity index is 3000. The van der Waals surface area contributed by atoms with Crippen LogP contribution in [-0.2, 0) is 5.41 Å². The Morgan fingerprint density at radius 1 is 0.547 bits per heavy atom. The number of aromatic nitrogens is 3. The molecule has 3 heterocycles. The number of benzene rings is 7. The van der Waals surface area contributed by atoms with Gasteiger partial charge in [-0.15, -0.1) is 11.3 Å². The third-order valence-electron chi connectivity index (χ3n) is 11.2. The minimum absolute atomic E-state index is 0.201. The van der Waals surface area contributed by atoms with Gasteiger partial charge < -0.3 is 4.57 Å². The lowest BCUT2D eigenvalue weighted by molar-refractivity contribution is 0.664. The summed E-state index contributed by atoms with van der Waals surface area (Å²) in [5.74, 6) is 0.712. The standard InChI is InChI=1S/C49H33N3S/c1-49(2)37-22-12-9-19-34(37)42-43-36-21-11-14-24-41(36)53-47(43)44-35-20-10-13-23-40(35)52(46(44)45(42)49)33-27-25-32(26-28-33)48-50-38(30-15-5-3-6-16-30)29-39(51-48)31-17-7-4-8-18-31/h3-29H,1-2H3. The molecule has 0 N–H and O–H groups in total. The van der Waals surface area contributed by atoms with E-state index in [2.05, 4.69) is 170 Å². The summed E-state index contributed by atoms with van der Waals surface area (Å²) >= 11 is 1.92. The van der Waals surface area contributed by atoms with Gasteiger partial charge in [0.05, 0.1) is 22.4 Å². The molecule has 3 nitrogen and oxygen atoms in total. The maximum atomic E-state index is 5.12. The molecular weight excluding hydrogens is 663 g/mol. The summed E-state index contributed by atoms with van der Waals surface area (Å²) in [7, 11) is 0. The Labute approximate surface area is 311 Å². The lowest BCUT2D eigenvalue weighted by Gasteiger charge is -2.24. The number of nitrogens with zero attached hydrogens (tertiary/aromatic N) is 3. The van der Waals surface area contributed by atoms with Crippen LogP contribution in [0.15, 0.2) is 164 Å². The van der Waals surface area contributed by atoms with Crippen LogP contribution in [0.25, 0.3) is 92.7 Å². The highest BCUT2D eigenvalue weighted by atomic mass is 32.1. The summed E-state index contributed by atoms with van der Waals surface area (Å²) in [6, 6.07) is 58.6. The van der Waals surface area contributed by atoms with E-state index < -0.39 is 0 Å². The van der Waals surface area contributed by atoms with Crippen molar-refractivity contribution in [1.29, 1.82) is 0 Å². The van der Waals surface area contributed by atoms with Gasteiger partial charge in [0.15, 0.2) is 5.82 Å². The zero-order valence-electron chi connectivity index (χ0n) is 29.3. The van der Waals surface area contributed by atoms with Crippen molar-refractivity contribution in [1.82, 2.24) is 14.5 Å². The smallest absolute Gasteiger partial charge is 0.160 e. The average Bonchev–Trinajstić information content (AvgIpc) is 3.84. The molecule has 0 amide bonds. The second-order valence-corrected chi connectivity index (χ2v) is 15.6. The van der Waals surface area contributed by atoms with Crippen LogP contribution in [0, 0.1) is 0 Å². The maximum Gasteiger partial charge on any atom is 0.160 e. The van der Waals surface area contributed by atoms with E-state index in [0.717, 1.165) is 33.8 Å². The molecule has 1 aliphatic carbocycles. The molecule has 0 bridgehead atoms. The number of fused-ring (bicyclic) bond motifs is 12. The number of rotatable bonds is 4. The molecule has 53 heavy (non-hydrogen) atoms. The molecule has 0 unspecified atom stereocenters. The van der Waals surface area contributed by atoms with Crippen LogP contribution in [0.4, 0.5) is 0 Å². The van der Waals surface area contributed by atoms with Crippen LogP contribution < -0.4 is 0 Å². The van der Waals surface area contributed by atoms with Crippen molar-refractivity contribution < 1.29 is 0 Å². The van der Waals surface area contributed by atoms with Gasteiger partial charge in [0.25, 0.3) is 0 Å². The van der Waals surface area contributed by atoms with Crippen LogP contribution >= 0.6 is 11.3 Å². The number of hydrogen-bond donors (Lipinski definition) is 0. The molecule has 0 saturated carbocycles. The van der Waals surface area contributed by atoms with Gasteiger partial charge in [-0.3, -0.25) is 0 Å². The molecule has 11 rings (SSSR count). The van der Waals surface area contributed by atoms with Gasteiger partial charge in [-0.2, -0.15) is 0 Å². The summed E-state index contributed by atoms with van der Waals surface area (Å²) in [4.78, 5) is 10.2. The van der Waals surface area contributed by atoms with Crippen LogP contribution in [0.3, 0.4) is 0 Å². The molecule has 0 saturated heterocycles. The molecule has 4 heteroatoms. The first-order valence-electron chi connectivity index (χ1n) is 18.2. The van der Waals surface area contributed by atoms with Crippen molar-refractivity contribution in [3.8, 4) is 50.7 Å². The molecule has 250 valence electrons. The Balaban J connectivity index is 1.18. The molecule has 10 aromatic rings. The molecule has 3 aromatic heterocycles. The molecule has 0 atom stereocenters. The van der Waals surface area contributed by atoms with Crippen molar-refractivity contribution in [2.24, 2.45) is 0 Å². The van der Waals surface area contributed by atoms with E-state index >= 15 is 0 Å². The highest BCUT2D eigenvalue weighted by Crippen LogP contribution is 2.58. The van der Waals surface area contributed by atoms with Crippen molar-refractivity contribution >= 4 is 53.3 Å². The monoisotopic (exact) mass is 695 g/mol. The first kappa shape index (κ1) is 30.3. The fourth-order valence-electron chi connectivity index (χ4n) is 8.80. The van der Waals surface area contributed by atoms with Crippen LogP contribution in [0.1, 0.15) is 25.0 Å². The lowest BCUT2D eigenvalue weighted by atomic mass is 9.81. The van der Waals surface area contributed by atoms with E-state index in [1.807, 2.05) is 23.5 Å². The van der Waals surface area contributed by atoms with Crippen molar-refractivity contribution in [3.05, 3.63) is 175 Å². The number of para-hydroxylation sites is 1. The van der Waals surface area contributed by atoms with Gasteiger partial charge in [-0.1, -0.05) is 135 Å². The molecule has 0 aliphatic heterocycles. The van der Waals surface area contributed by atoms with E-state index in [1.165, 1.54) is 64.2 Å². The zero-order valence-corrected chi connectivity index (χ0v) is 30.2. The second-order valence-electron chi connectivity index (χ2n) is 14.5. The quantitative estimate of drug-likeness (QED) is 0.183. The third kappa shape index (κ3) is 4.39. The minimum Gasteiger partial charge on any atom is -0.309 e. The van der Waals surface area contributed by atoms with Crippen LogP contribution in [0.5, 0.6) is 0 Å². The second kappa shape index (κ2) is 11.3. The summed E-state index contributed by atoms with van der Waals surface area (Å²) < 4.78 is 5.20. The van der Waals surface area contributed by atoms with Gasteiger partial charge in [0, 0.05) is 58.7 Å². The molecular formula is C49H33N3S. The maximum absolute atomic E-state index is 5.12. The van der Waals surface area contributed by atoms with Crippen LogP contribution in [0.2, 0.25) is 0 Å². The Morgan fingerprint density at radius 2 is 1.15 bits per heavy atom. The van der Waals surface area contributed by atoms with E-state index in [1.54, 1.807) is 0 Å². The van der Waals surface area contributed by atoms with E-state index in [4.69, 9.17) is 9.97 Å². The van der Waals surface area contributed by atoms with Crippen molar-refractivity contribution in [2.45, 2.75) is 19.3 Å². The van der Waals surface area contributed by atoms with Crippen LogP contribution in [-0.4, -0.2) is 14.5 Å². The number of thiophene rings is 1. The summed E-state index contributed by atoms with van der Waals surface area (Å²) in [5.41, 5.74) is 13.9. The van der Waals surface area contributed by atoms with E-state index in [-0.39, 0.29) is 5.41 Å². The first-order valence-corrected chi connectivity index (χ1v) is 19.0. The highest BCUT2D eigenvalue weighted by molar-refractivity contribution is 7.27. The van der Waals surface area contributed by atoms with Crippen molar-refractivity contribution in [2.75, 3.05) is 0 Å². The average molecular weight is 696 g/mol. The normalized spacial score (nSPS) is 13.2. The van der Waals surface area contributed by atoms with Gasteiger partial charge in [0.2, 0.25) is 0 Å².